The topological polar surface area (TPSA) is 33.3 Å². The monoisotopic (exact) mass is 240 g/mol. The van der Waals surface area contributed by atoms with Gasteiger partial charge in [0.1, 0.15) is 11.6 Å². The zero-order valence-corrected chi connectivity index (χ0v) is 10.9. The van der Waals surface area contributed by atoms with Crippen LogP contribution < -0.4 is 15.4 Å². The van der Waals surface area contributed by atoms with E-state index in [2.05, 4.69) is 31.4 Å². The van der Waals surface area contributed by atoms with Crippen molar-refractivity contribution >= 4 is 5.69 Å². The molecule has 1 aromatic rings. The number of hydrogen-bond donors (Lipinski definition) is 2. The minimum atomic E-state index is -0.291. The predicted octanol–water partition coefficient (Wildman–Crippen LogP) is 2.63. The molecular formula is C13H21FN2O. The molecule has 0 aliphatic rings. The summed E-state index contributed by atoms with van der Waals surface area (Å²) >= 11 is 0. The number of ether oxygens (including phenoxy) is 1. The third-order valence-corrected chi connectivity index (χ3v) is 2.26. The highest BCUT2D eigenvalue weighted by Gasteiger charge is 2.08. The largest absolute Gasteiger partial charge is 0.494 e. The van der Waals surface area contributed by atoms with Crippen molar-refractivity contribution in [2.45, 2.75) is 26.3 Å². The molecule has 0 aliphatic carbocycles. The summed E-state index contributed by atoms with van der Waals surface area (Å²) in [5.41, 5.74) is 0.916. The van der Waals surface area contributed by atoms with E-state index in [9.17, 15) is 4.39 Å². The van der Waals surface area contributed by atoms with Gasteiger partial charge in [-0.1, -0.05) is 0 Å². The number of halogens is 1. The molecule has 17 heavy (non-hydrogen) atoms. The summed E-state index contributed by atoms with van der Waals surface area (Å²) in [5.74, 6) is 0.237. The van der Waals surface area contributed by atoms with Gasteiger partial charge in [-0.15, -0.1) is 0 Å². The molecule has 0 saturated heterocycles. The van der Waals surface area contributed by atoms with Crippen molar-refractivity contribution in [1.82, 2.24) is 5.32 Å². The number of nitrogens with one attached hydrogen (secondary N) is 2. The third-order valence-electron chi connectivity index (χ3n) is 2.26. The lowest BCUT2D eigenvalue weighted by molar-refractivity contribution is 0.412. The van der Waals surface area contributed by atoms with Gasteiger partial charge in [0.15, 0.2) is 0 Å². The van der Waals surface area contributed by atoms with E-state index in [0.717, 1.165) is 18.8 Å². The molecule has 0 fully saturated rings. The van der Waals surface area contributed by atoms with Crippen LogP contribution in [0.2, 0.25) is 0 Å². The zero-order chi connectivity index (χ0) is 12.9. The minimum absolute atomic E-state index is 0.106. The maximum atomic E-state index is 13.0. The lowest BCUT2D eigenvalue weighted by Gasteiger charge is -2.21. The second-order valence-electron chi connectivity index (χ2n) is 4.95. The Balaban J connectivity index is 2.46. The Morgan fingerprint density at radius 3 is 2.53 bits per heavy atom. The smallest absolute Gasteiger partial charge is 0.144 e. The molecule has 0 heterocycles. The molecule has 0 atom stereocenters. The lowest BCUT2D eigenvalue weighted by atomic mass is 10.1. The van der Waals surface area contributed by atoms with Gasteiger partial charge in [-0.05, 0) is 32.9 Å². The normalized spacial score (nSPS) is 11.4. The Morgan fingerprint density at radius 1 is 1.24 bits per heavy atom. The van der Waals surface area contributed by atoms with Gasteiger partial charge in [-0.25, -0.2) is 4.39 Å². The van der Waals surface area contributed by atoms with Crippen molar-refractivity contribution in [2.24, 2.45) is 0 Å². The third kappa shape index (κ3) is 5.04. The van der Waals surface area contributed by atoms with E-state index in [1.54, 1.807) is 6.07 Å². The molecule has 4 heteroatoms. The van der Waals surface area contributed by atoms with Gasteiger partial charge in [-0.3, -0.25) is 0 Å². The molecule has 0 spiro atoms. The second-order valence-corrected chi connectivity index (χ2v) is 4.95. The number of benzene rings is 1. The van der Waals surface area contributed by atoms with Crippen LogP contribution in [0.1, 0.15) is 20.8 Å². The molecule has 3 nitrogen and oxygen atoms in total. The van der Waals surface area contributed by atoms with Gasteiger partial charge in [0.25, 0.3) is 0 Å². The van der Waals surface area contributed by atoms with Crippen molar-refractivity contribution in [3.05, 3.63) is 24.0 Å². The van der Waals surface area contributed by atoms with Gasteiger partial charge in [-0.2, -0.15) is 0 Å². The van der Waals surface area contributed by atoms with Gasteiger partial charge in [0.05, 0.1) is 12.8 Å². The first kappa shape index (κ1) is 13.8. The van der Waals surface area contributed by atoms with Crippen LogP contribution in [0.3, 0.4) is 0 Å². The highest BCUT2D eigenvalue weighted by molar-refractivity contribution is 5.56. The van der Waals surface area contributed by atoms with Crippen LogP contribution in [0, 0.1) is 5.82 Å². The van der Waals surface area contributed by atoms with Crippen molar-refractivity contribution in [2.75, 3.05) is 25.5 Å². The summed E-state index contributed by atoms with van der Waals surface area (Å²) in [6, 6.07) is 4.48. The number of hydrogen-bond acceptors (Lipinski definition) is 3. The number of methoxy groups -OCH3 is 1. The van der Waals surface area contributed by atoms with Crippen LogP contribution in [0.15, 0.2) is 18.2 Å². The van der Waals surface area contributed by atoms with E-state index in [1.807, 2.05) is 0 Å². The first-order valence-corrected chi connectivity index (χ1v) is 5.75. The van der Waals surface area contributed by atoms with E-state index in [0.29, 0.717) is 5.75 Å². The molecule has 0 bridgehead atoms. The molecule has 1 aromatic carbocycles. The van der Waals surface area contributed by atoms with Crippen LogP contribution in [0.5, 0.6) is 5.75 Å². The van der Waals surface area contributed by atoms with Crippen molar-refractivity contribution in [3.8, 4) is 5.75 Å². The van der Waals surface area contributed by atoms with E-state index in [4.69, 9.17) is 4.74 Å². The Hall–Kier alpha value is -1.29. The highest BCUT2D eigenvalue weighted by Crippen LogP contribution is 2.24. The Labute approximate surface area is 102 Å². The minimum Gasteiger partial charge on any atom is -0.494 e. The van der Waals surface area contributed by atoms with Crippen LogP contribution in [0.4, 0.5) is 10.1 Å². The fourth-order valence-electron chi connectivity index (χ4n) is 1.45. The molecule has 96 valence electrons. The van der Waals surface area contributed by atoms with E-state index >= 15 is 0 Å². The van der Waals surface area contributed by atoms with Crippen LogP contribution in [-0.2, 0) is 0 Å². The molecule has 1 rings (SSSR count). The Morgan fingerprint density at radius 2 is 1.94 bits per heavy atom. The number of anilines is 1. The van der Waals surface area contributed by atoms with Crippen LogP contribution in [0.25, 0.3) is 0 Å². The SMILES string of the molecule is COc1cc(F)ccc1NCCNC(C)(C)C. The highest BCUT2D eigenvalue weighted by atomic mass is 19.1. The van der Waals surface area contributed by atoms with Gasteiger partial charge < -0.3 is 15.4 Å². The maximum absolute atomic E-state index is 13.0. The summed E-state index contributed by atoms with van der Waals surface area (Å²) in [5, 5.41) is 6.57. The molecule has 0 aromatic heterocycles. The maximum Gasteiger partial charge on any atom is 0.144 e. The average Bonchev–Trinajstić information content (AvgIpc) is 2.24. The lowest BCUT2D eigenvalue weighted by Crippen LogP contribution is -2.38. The van der Waals surface area contributed by atoms with Gasteiger partial charge in [0.2, 0.25) is 0 Å². The molecule has 0 radical (unpaired) electrons. The van der Waals surface area contributed by atoms with E-state index < -0.39 is 0 Å². The molecule has 0 unspecified atom stereocenters. The summed E-state index contributed by atoms with van der Waals surface area (Å²) in [6.07, 6.45) is 0. The standard InChI is InChI=1S/C13H21FN2O/c1-13(2,3)16-8-7-15-11-6-5-10(14)9-12(11)17-4/h5-6,9,15-16H,7-8H2,1-4H3. The average molecular weight is 240 g/mol. The summed E-state index contributed by atoms with van der Waals surface area (Å²) in [6.45, 7) is 7.95. The number of rotatable bonds is 5. The summed E-state index contributed by atoms with van der Waals surface area (Å²) in [7, 11) is 1.54. The van der Waals surface area contributed by atoms with Gasteiger partial charge >= 0.3 is 0 Å². The van der Waals surface area contributed by atoms with Crippen LogP contribution >= 0.6 is 0 Å². The summed E-state index contributed by atoms with van der Waals surface area (Å²) < 4.78 is 18.1. The van der Waals surface area contributed by atoms with Crippen molar-refractivity contribution in [1.29, 1.82) is 0 Å². The van der Waals surface area contributed by atoms with E-state index in [1.165, 1.54) is 19.2 Å². The van der Waals surface area contributed by atoms with Gasteiger partial charge in [0, 0.05) is 24.7 Å². The predicted molar refractivity (Wildman–Crippen MR) is 69.2 cm³/mol. The molecule has 0 aliphatic heterocycles. The molecule has 0 saturated carbocycles. The Kier molecular flexibility index (Phi) is 4.75. The van der Waals surface area contributed by atoms with E-state index in [-0.39, 0.29) is 11.4 Å². The van der Waals surface area contributed by atoms with Crippen molar-refractivity contribution < 1.29 is 9.13 Å². The molecule has 2 N–H and O–H groups in total. The summed E-state index contributed by atoms with van der Waals surface area (Å²) in [4.78, 5) is 0. The zero-order valence-electron chi connectivity index (χ0n) is 10.9. The second kappa shape index (κ2) is 5.87. The first-order valence-electron chi connectivity index (χ1n) is 5.75. The first-order chi connectivity index (χ1) is 7.92. The van der Waals surface area contributed by atoms with Crippen molar-refractivity contribution in [3.63, 3.8) is 0 Å². The quantitative estimate of drug-likeness (QED) is 0.776. The molecule has 0 amide bonds. The van der Waals surface area contributed by atoms with Crippen LogP contribution in [-0.4, -0.2) is 25.7 Å². The molecular weight excluding hydrogens is 219 g/mol. The Bertz CT molecular complexity index is 361. The fourth-order valence-corrected chi connectivity index (χ4v) is 1.45. The fraction of sp³-hybridized carbons (Fsp3) is 0.538.